The molecule has 5 nitrogen and oxygen atoms in total. The Bertz CT molecular complexity index is 561. The number of halogens is 1. The summed E-state index contributed by atoms with van der Waals surface area (Å²) in [5.41, 5.74) is 0.418. The summed E-state index contributed by atoms with van der Waals surface area (Å²) in [5.74, 6) is 2.72. The van der Waals surface area contributed by atoms with E-state index in [1.165, 1.54) is 77.4 Å². The van der Waals surface area contributed by atoms with Gasteiger partial charge in [-0.1, -0.05) is 19.3 Å². The lowest BCUT2D eigenvalue weighted by Gasteiger charge is -2.63. The first-order valence-corrected chi connectivity index (χ1v) is 11.7. The minimum absolute atomic E-state index is 0. The molecule has 2 aliphatic heterocycles. The van der Waals surface area contributed by atoms with Crippen molar-refractivity contribution in [3.63, 3.8) is 0 Å². The van der Waals surface area contributed by atoms with Crippen LogP contribution in [0.1, 0.15) is 64.7 Å². The summed E-state index contributed by atoms with van der Waals surface area (Å²) < 4.78 is 6.09. The zero-order valence-electron chi connectivity index (χ0n) is 17.5. The van der Waals surface area contributed by atoms with Crippen LogP contribution in [0.5, 0.6) is 0 Å². The number of nitrogens with zero attached hydrogens (tertiary/aromatic N) is 2. The van der Waals surface area contributed by atoms with Crippen LogP contribution >= 0.6 is 24.0 Å². The van der Waals surface area contributed by atoms with E-state index in [0.29, 0.717) is 29.5 Å². The van der Waals surface area contributed by atoms with Crippen molar-refractivity contribution in [2.24, 2.45) is 22.2 Å². The van der Waals surface area contributed by atoms with Gasteiger partial charge >= 0.3 is 0 Å². The summed E-state index contributed by atoms with van der Waals surface area (Å²) in [6.07, 6.45) is 12.9. The summed E-state index contributed by atoms with van der Waals surface area (Å²) >= 11 is 0. The first-order chi connectivity index (χ1) is 13.3. The normalized spacial score (nSPS) is 37.2. The van der Waals surface area contributed by atoms with Crippen molar-refractivity contribution in [1.29, 1.82) is 0 Å². The fourth-order valence-corrected chi connectivity index (χ4v) is 6.76. The number of guanidine groups is 1. The lowest BCUT2D eigenvalue weighted by molar-refractivity contribution is -0.171. The Morgan fingerprint density at radius 2 is 1.93 bits per heavy atom. The Morgan fingerprint density at radius 3 is 2.64 bits per heavy atom. The van der Waals surface area contributed by atoms with Crippen LogP contribution in [0.2, 0.25) is 0 Å². The second kappa shape index (κ2) is 8.96. The highest BCUT2D eigenvalue weighted by molar-refractivity contribution is 14.0. The van der Waals surface area contributed by atoms with E-state index in [-0.39, 0.29) is 24.0 Å². The minimum atomic E-state index is 0. The summed E-state index contributed by atoms with van der Waals surface area (Å²) in [7, 11) is 0. The molecule has 0 amide bonds. The van der Waals surface area contributed by atoms with Crippen molar-refractivity contribution < 1.29 is 4.74 Å². The van der Waals surface area contributed by atoms with E-state index in [4.69, 9.17) is 9.73 Å². The van der Waals surface area contributed by atoms with Crippen molar-refractivity contribution in [3.05, 3.63) is 0 Å². The predicted molar refractivity (Wildman–Crippen MR) is 124 cm³/mol. The van der Waals surface area contributed by atoms with Crippen LogP contribution in [0.15, 0.2) is 4.99 Å². The van der Waals surface area contributed by atoms with E-state index in [0.717, 1.165) is 25.0 Å². The molecule has 0 aromatic heterocycles. The molecule has 4 atom stereocenters. The maximum absolute atomic E-state index is 6.09. The van der Waals surface area contributed by atoms with Gasteiger partial charge in [-0.05, 0) is 51.4 Å². The molecule has 2 saturated heterocycles. The average Bonchev–Trinajstić information content (AvgIpc) is 3.34. The summed E-state index contributed by atoms with van der Waals surface area (Å²) in [4.78, 5) is 7.50. The average molecular weight is 502 g/mol. The van der Waals surface area contributed by atoms with Gasteiger partial charge in [-0.2, -0.15) is 0 Å². The largest absolute Gasteiger partial charge is 0.377 e. The molecule has 4 unspecified atom stereocenters. The van der Waals surface area contributed by atoms with Gasteiger partial charge in [0.05, 0.1) is 6.10 Å². The lowest BCUT2D eigenvalue weighted by atomic mass is 9.46. The predicted octanol–water partition coefficient (Wildman–Crippen LogP) is 3.38. The molecule has 5 rings (SSSR count). The summed E-state index contributed by atoms with van der Waals surface area (Å²) in [5, 5.41) is 7.67. The SMILES string of the molecule is CCN=C(NC1CCN(CC2CCCC2)C1)NC1C2CCOC2C12CCC2.I. The molecule has 1 spiro atoms. The lowest BCUT2D eigenvalue weighted by Crippen LogP contribution is -2.72. The Balaban J connectivity index is 0.00000192. The maximum atomic E-state index is 6.09. The minimum Gasteiger partial charge on any atom is -0.377 e. The van der Waals surface area contributed by atoms with Gasteiger partial charge in [0.2, 0.25) is 0 Å². The molecule has 5 fully saturated rings. The summed E-state index contributed by atoms with van der Waals surface area (Å²) in [6.45, 7) is 7.70. The molecule has 5 aliphatic rings. The van der Waals surface area contributed by atoms with Gasteiger partial charge in [-0.3, -0.25) is 4.99 Å². The van der Waals surface area contributed by atoms with Crippen LogP contribution in [0.25, 0.3) is 0 Å². The van der Waals surface area contributed by atoms with Crippen LogP contribution in [-0.2, 0) is 4.74 Å². The second-order valence-corrected chi connectivity index (χ2v) is 9.82. The second-order valence-electron chi connectivity index (χ2n) is 9.82. The Morgan fingerprint density at radius 1 is 1.11 bits per heavy atom. The zero-order valence-corrected chi connectivity index (χ0v) is 19.8. The number of hydrogen-bond acceptors (Lipinski definition) is 3. The number of aliphatic imine (C=N–C) groups is 1. The van der Waals surface area contributed by atoms with Gasteiger partial charge in [0.15, 0.2) is 5.96 Å². The standard InChI is InChI=1S/C22H38N4O.HI/c1-2-23-21(24-17-8-12-26(15-17)14-16-6-3-4-7-16)25-19-18-9-13-27-20(18)22(19)10-5-11-22;/h16-20H,2-15H2,1H3,(H2,23,24,25);1H. The van der Waals surface area contributed by atoms with Crippen molar-refractivity contribution in [3.8, 4) is 0 Å². The molecule has 160 valence electrons. The monoisotopic (exact) mass is 502 g/mol. The molecule has 6 heteroatoms. The van der Waals surface area contributed by atoms with Gasteiger partial charge in [-0.15, -0.1) is 24.0 Å². The van der Waals surface area contributed by atoms with E-state index in [1.807, 2.05) is 0 Å². The molecule has 2 heterocycles. The molecular formula is C22H39IN4O. The van der Waals surface area contributed by atoms with Gasteiger partial charge in [0, 0.05) is 56.2 Å². The van der Waals surface area contributed by atoms with Gasteiger partial charge in [-0.25, -0.2) is 0 Å². The third-order valence-electron chi connectivity index (χ3n) is 8.25. The molecule has 2 N–H and O–H groups in total. The van der Waals surface area contributed by atoms with Crippen molar-refractivity contribution >= 4 is 29.9 Å². The van der Waals surface area contributed by atoms with Crippen LogP contribution in [0.3, 0.4) is 0 Å². The number of ether oxygens (including phenoxy) is 1. The fourth-order valence-electron chi connectivity index (χ4n) is 6.76. The zero-order chi connectivity index (χ0) is 18.3. The quantitative estimate of drug-likeness (QED) is 0.344. The van der Waals surface area contributed by atoms with Crippen LogP contribution < -0.4 is 10.6 Å². The number of nitrogens with one attached hydrogen (secondary N) is 2. The molecule has 0 radical (unpaired) electrons. The number of likely N-dealkylation sites (tertiary alicyclic amines) is 1. The van der Waals surface area contributed by atoms with E-state index in [2.05, 4.69) is 22.5 Å². The number of hydrogen-bond donors (Lipinski definition) is 2. The fraction of sp³-hybridized carbons (Fsp3) is 0.955. The van der Waals surface area contributed by atoms with Crippen LogP contribution in [0.4, 0.5) is 0 Å². The molecule has 3 aliphatic carbocycles. The Labute approximate surface area is 187 Å². The van der Waals surface area contributed by atoms with E-state index >= 15 is 0 Å². The Kier molecular flexibility index (Phi) is 6.77. The van der Waals surface area contributed by atoms with Crippen LogP contribution in [-0.4, -0.2) is 61.8 Å². The first-order valence-electron chi connectivity index (χ1n) is 11.7. The Hall–Kier alpha value is -0.0800. The van der Waals surface area contributed by atoms with Crippen molar-refractivity contribution in [1.82, 2.24) is 15.5 Å². The topological polar surface area (TPSA) is 48.9 Å². The van der Waals surface area contributed by atoms with Gasteiger partial charge in [0.1, 0.15) is 0 Å². The molecule has 3 saturated carbocycles. The molecule has 0 aromatic carbocycles. The maximum Gasteiger partial charge on any atom is 0.191 e. The van der Waals surface area contributed by atoms with E-state index < -0.39 is 0 Å². The van der Waals surface area contributed by atoms with Gasteiger partial charge < -0.3 is 20.3 Å². The van der Waals surface area contributed by atoms with E-state index in [9.17, 15) is 0 Å². The smallest absolute Gasteiger partial charge is 0.191 e. The molecular weight excluding hydrogens is 463 g/mol. The van der Waals surface area contributed by atoms with Crippen LogP contribution in [0, 0.1) is 17.3 Å². The van der Waals surface area contributed by atoms with E-state index in [1.54, 1.807) is 0 Å². The van der Waals surface area contributed by atoms with Crippen molar-refractivity contribution in [2.75, 3.05) is 32.8 Å². The first kappa shape index (κ1) is 21.2. The molecule has 0 bridgehead atoms. The summed E-state index contributed by atoms with van der Waals surface area (Å²) in [6, 6.07) is 1.13. The highest BCUT2D eigenvalue weighted by Crippen LogP contribution is 2.62. The highest BCUT2D eigenvalue weighted by atomic mass is 127. The molecule has 0 aromatic rings. The number of rotatable bonds is 5. The third kappa shape index (κ3) is 3.82. The van der Waals surface area contributed by atoms with Crippen molar-refractivity contribution in [2.45, 2.75) is 82.9 Å². The highest BCUT2D eigenvalue weighted by Gasteiger charge is 2.66. The van der Waals surface area contributed by atoms with Gasteiger partial charge in [0.25, 0.3) is 0 Å². The number of fused-ring (bicyclic) bond motifs is 2. The third-order valence-corrected chi connectivity index (χ3v) is 8.25. The molecule has 28 heavy (non-hydrogen) atoms.